The lowest BCUT2D eigenvalue weighted by Crippen LogP contribution is -2.27. The molecule has 2 heterocycles. The van der Waals surface area contributed by atoms with E-state index in [1.54, 1.807) is 19.1 Å². The molecule has 1 aliphatic carbocycles. The van der Waals surface area contributed by atoms with Gasteiger partial charge in [0.05, 0.1) is 30.4 Å². The van der Waals surface area contributed by atoms with Crippen LogP contribution in [0, 0.1) is 11.7 Å². The second-order valence-electron chi connectivity index (χ2n) is 8.34. The maximum absolute atomic E-state index is 14.0. The minimum Gasteiger partial charge on any atom is -0.490 e. The average Bonchev–Trinajstić information content (AvgIpc) is 3.36. The maximum Gasteiger partial charge on any atom is 0.325 e. The van der Waals surface area contributed by atoms with Crippen molar-refractivity contribution in [1.29, 1.82) is 0 Å². The SMILES string of the molecule is C[C@@H](CS(=O)(=O)Cc1coc(CN2CC(=O)NC2=O)n1)c1ccc(F)c(OCC2CC2)c1. The molecule has 172 valence electrons. The van der Waals surface area contributed by atoms with E-state index in [2.05, 4.69) is 10.3 Å². The van der Waals surface area contributed by atoms with Crippen LogP contribution in [0.15, 0.2) is 28.9 Å². The molecule has 1 N–H and O–H groups in total. The van der Waals surface area contributed by atoms with Crippen molar-refractivity contribution < 1.29 is 31.6 Å². The van der Waals surface area contributed by atoms with Crippen molar-refractivity contribution in [2.45, 2.75) is 38.0 Å². The number of aromatic nitrogens is 1. The highest BCUT2D eigenvalue weighted by Gasteiger charge is 2.28. The smallest absolute Gasteiger partial charge is 0.325 e. The molecule has 2 aliphatic rings. The molecule has 0 bridgehead atoms. The zero-order valence-corrected chi connectivity index (χ0v) is 18.4. The molecule has 1 saturated heterocycles. The molecule has 1 aromatic heterocycles. The molecule has 0 spiro atoms. The average molecular weight is 466 g/mol. The number of sulfone groups is 1. The molecule has 9 nitrogen and oxygen atoms in total. The molecule has 0 radical (unpaired) electrons. The minimum atomic E-state index is -3.56. The van der Waals surface area contributed by atoms with E-state index in [0.717, 1.165) is 12.8 Å². The number of rotatable bonds is 10. The van der Waals surface area contributed by atoms with Crippen LogP contribution in [0.25, 0.3) is 0 Å². The molecule has 11 heteroatoms. The van der Waals surface area contributed by atoms with Crippen LogP contribution in [-0.2, 0) is 26.9 Å². The Labute approximate surface area is 184 Å². The molecule has 1 atom stereocenters. The number of carbonyl (C=O) groups excluding carboxylic acids is 2. The minimum absolute atomic E-state index is 0.0345. The van der Waals surface area contributed by atoms with E-state index >= 15 is 0 Å². The van der Waals surface area contributed by atoms with Gasteiger partial charge in [-0.25, -0.2) is 22.6 Å². The Hall–Kier alpha value is -2.95. The molecule has 3 amide bonds. The van der Waals surface area contributed by atoms with Gasteiger partial charge in [0.25, 0.3) is 0 Å². The van der Waals surface area contributed by atoms with Crippen molar-refractivity contribution in [1.82, 2.24) is 15.2 Å². The topological polar surface area (TPSA) is 119 Å². The normalized spacial score (nSPS) is 17.5. The van der Waals surface area contributed by atoms with Crippen LogP contribution in [0.3, 0.4) is 0 Å². The number of hydrogen-bond acceptors (Lipinski definition) is 7. The monoisotopic (exact) mass is 465 g/mol. The van der Waals surface area contributed by atoms with Crippen molar-refractivity contribution in [3.63, 3.8) is 0 Å². The van der Waals surface area contributed by atoms with Crippen LogP contribution in [0.2, 0.25) is 0 Å². The Bertz CT molecular complexity index is 1130. The lowest BCUT2D eigenvalue weighted by atomic mass is 10.0. The van der Waals surface area contributed by atoms with E-state index in [1.807, 2.05) is 0 Å². The Balaban J connectivity index is 1.36. The number of urea groups is 1. The summed E-state index contributed by atoms with van der Waals surface area (Å²) in [6.07, 6.45) is 3.40. The fourth-order valence-corrected chi connectivity index (χ4v) is 5.11. The second-order valence-corrected chi connectivity index (χ2v) is 10.5. The second kappa shape index (κ2) is 8.89. The number of ether oxygens (including phenoxy) is 1. The Morgan fingerprint density at radius 3 is 2.81 bits per heavy atom. The van der Waals surface area contributed by atoms with Crippen LogP contribution in [0.5, 0.6) is 5.75 Å². The number of hydrogen-bond donors (Lipinski definition) is 1. The molecule has 1 aromatic carbocycles. The summed E-state index contributed by atoms with van der Waals surface area (Å²) in [5, 5.41) is 2.14. The highest BCUT2D eigenvalue weighted by molar-refractivity contribution is 7.90. The van der Waals surface area contributed by atoms with Gasteiger partial charge >= 0.3 is 6.03 Å². The highest BCUT2D eigenvalue weighted by atomic mass is 32.2. The fraction of sp³-hybridized carbons (Fsp3) is 0.476. The molecular weight excluding hydrogens is 441 g/mol. The summed E-state index contributed by atoms with van der Waals surface area (Å²) in [6, 6.07) is 3.88. The third-order valence-corrected chi connectivity index (χ3v) is 7.10. The van der Waals surface area contributed by atoms with Gasteiger partial charge in [-0.1, -0.05) is 13.0 Å². The standard InChI is InChI=1S/C21H24FN3O6S/c1-13(15-4-5-17(22)18(6-15)30-9-14-2-3-14)11-32(28,29)12-16-10-31-20(23-16)8-25-7-19(26)24-21(25)27/h4-6,10,13-14H,2-3,7-9,11-12H2,1H3,(H,24,26,27)/t13-/m0/s1. The predicted octanol–water partition coefficient (Wildman–Crippen LogP) is 2.37. The van der Waals surface area contributed by atoms with Crippen LogP contribution < -0.4 is 10.1 Å². The number of amides is 3. The van der Waals surface area contributed by atoms with E-state index < -0.39 is 27.6 Å². The summed E-state index contributed by atoms with van der Waals surface area (Å²) in [7, 11) is -3.56. The van der Waals surface area contributed by atoms with E-state index in [9.17, 15) is 22.4 Å². The van der Waals surface area contributed by atoms with Gasteiger partial charge in [-0.2, -0.15) is 0 Å². The van der Waals surface area contributed by atoms with Gasteiger partial charge in [0.2, 0.25) is 11.8 Å². The van der Waals surface area contributed by atoms with Crippen LogP contribution in [-0.4, -0.2) is 49.1 Å². The molecule has 2 aromatic rings. The molecule has 4 rings (SSSR count). The number of oxazole rings is 1. The quantitative estimate of drug-likeness (QED) is 0.535. The number of benzene rings is 1. The first-order valence-corrected chi connectivity index (χ1v) is 12.2. The number of nitrogens with zero attached hydrogens (tertiary/aromatic N) is 2. The van der Waals surface area contributed by atoms with Gasteiger partial charge in [0.1, 0.15) is 12.8 Å². The Morgan fingerprint density at radius 2 is 2.12 bits per heavy atom. The highest BCUT2D eigenvalue weighted by Crippen LogP contribution is 2.31. The first kappa shape index (κ1) is 22.3. The third-order valence-electron chi connectivity index (χ3n) is 5.36. The van der Waals surface area contributed by atoms with Crippen LogP contribution in [0.1, 0.15) is 42.8 Å². The summed E-state index contributed by atoms with van der Waals surface area (Å²) >= 11 is 0. The van der Waals surface area contributed by atoms with Gasteiger partial charge in [-0.05, 0) is 42.4 Å². The van der Waals surface area contributed by atoms with E-state index in [1.165, 1.54) is 17.2 Å². The zero-order chi connectivity index (χ0) is 22.9. The van der Waals surface area contributed by atoms with Crippen molar-refractivity contribution in [3.05, 3.63) is 47.4 Å². The number of nitrogens with one attached hydrogen (secondary N) is 1. The summed E-state index contributed by atoms with van der Waals surface area (Å²) in [5.41, 5.74) is 0.886. The van der Waals surface area contributed by atoms with Crippen molar-refractivity contribution >= 4 is 21.8 Å². The summed E-state index contributed by atoms with van der Waals surface area (Å²) in [5.74, 6) is -0.996. The lowest BCUT2D eigenvalue weighted by Gasteiger charge is -2.14. The molecule has 1 saturated carbocycles. The summed E-state index contributed by atoms with van der Waals surface area (Å²) in [6.45, 7) is 2.09. The van der Waals surface area contributed by atoms with E-state index in [4.69, 9.17) is 9.15 Å². The fourth-order valence-electron chi connectivity index (χ4n) is 3.45. The van der Waals surface area contributed by atoms with Crippen molar-refractivity contribution in [2.24, 2.45) is 5.92 Å². The summed E-state index contributed by atoms with van der Waals surface area (Å²) < 4.78 is 50.2. The Morgan fingerprint density at radius 1 is 1.34 bits per heavy atom. The van der Waals surface area contributed by atoms with E-state index in [-0.39, 0.29) is 47.8 Å². The first-order valence-electron chi connectivity index (χ1n) is 10.3. The van der Waals surface area contributed by atoms with Gasteiger partial charge in [0, 0.05) is 0 Å². The number of carbonyl (C=O) groups is 2. The molecule has 0 unspecified atom stereocenters. The number of halogens is 1. The van der Waals surface area contributed by atoms with E-state index in [0.29, 0.717) is 18.1 Å². The van der Waals surface area contributed by atoms with Crippen molar-refractivity contribution in [2.75, 3.05) is 18.9 Å². The van der Waals surface area contributed by atoms with Gasteiger partial charge in [-0.15, -0.1) is 0 Å². The van der Waals surface area contributed by atoms with Crippen molar-refractivity contribution in [3.8, 4) is 5.75 Å². The van der Waals surface area contributed by atoms with Gasteiger partial charge < -0.3 is 14.1 Å². The maximum atomic E-state index is 14.0. The predicted molar refractivity (Wildman–Crippen MR) is 111 cm³/mol. The lowest BCUT2D eigenvalue weighted by molar-refractivity contribution is -0.118. The van der Waals surface area contributed by atoms with Gasteiger partial charge in [-0.3, -0.25) is 10.1 Å². The molecular formula is C21H24FN3O6S. The molecule has 32 heavy (non-hydrogen) atoms. The zero-order valence-electron chi connectivity index (χ0n) is 17.5. The molecule has 1 aliphatic heterocycles. The van der Waals surface area contributed by atoms with Crippen LogP contribution >= 0.6 is 0 Å². The summed E-state index contributed by atoms with van der Waals surface area (Å²) in [4.78, 5) is 28.2. The largest absolute Gasteiger partial charge is 0.490 e. The Kier molecular flexibility index (Phi) is 6.18. The number of imide groups is 1. The third kappa shape index (κ3) is 5.64. The van der Waals surface area contributed by atoms with Gasteiger partial charge in [0.15, 0.2) is 21.4 Å². The first-order chi connectivity index (χ1) is 15.2. The van der Waals surface area contributed by atoms with Crippen LogP contribution in [0.4, 0.5) is 9.18 Å². The molecule has 2 fully saturated rings.